The first-order valence-electron chi connectivity index (χ1n) is 8.65. The van der Waals surface area contributed by atoms with Crippen molar-refractivity contribution in [3.63, 3.8) is 0 Å². The van der Waals surface area contributed by atoms with Gasteiger partial charge < -0.3 is 10.2 Å². The van der Waals surface area contributed by atoms with Crippen molar-refractivity contribution in [1.82, 2.24) is 5.32 Å². The van der Waals surface area contributed by atoms with Gasteiger partial charge in [0, 0.05) is 13.1 Å². The van der Waals surface area contributed by atoms with Gasteiger partial charge >= 0.3 is 0 Å². The van der Waals surface area contributed by atoms with Crippen molar-refractivity contribution < 1.29 is 0 Å². The highest BCUT2D eigenvalue weighted by Crippen LogP contribution is 2.42. The molecule has 2 aliphatic rings. The molecule has 2 heterocycles. The van der Waals surface area contributed by atoms with Crippen molar-refractivity contribution >= 4 is 17.3 Å². The lowest BCUT2D eigenvalue weighted by molar-refractivity contribution is 0.155. The van der Waals surface area contributed by atoms with E-state index in [-0.39, 0.29) is 5.41 Å². The molecular formula is C19H29ClN2. The van der Waals surface area contributed by atoms with Crippen LogP contribution in [-0.4, -0.2) is 26.2 Å². The van der Waals surface area contributed by atoms with Crippen LogP contribution in [0.1, 0.15) is 52.0 Å². The molecule has 3 heteroatoms. The van der Waals surface area contributed by atoms with E-state index in [0.29, 0.717) is 5.41 Å². The first-order valence-corrected chi connectivity index (χ1v) is 9.03. The van der Waals surface area contributed by atoms with Crippen LogP contribution >= 0.6 is 11.6 Å². The fourth-order valence-electron chi connectivity index (χ4n) is 3.91. The van der Waals surface area contributed by atoms with E-state index < -0.39 is 0 Å². The zero-order valence-electron chi connectivity index (χ0n) is 14.2. The van der Waals surface area contributed by atoms with E-state index in [0.717, 1.165) is 18.1 Å². The number of rotatable bonds is 1. The van der Waals surface area contributed by atoms with Gasteiger partial charge in [0.2, 0.25) is 0 Å². The second-order valence-corrected chi connectivity index (χ2v) is 8.56. The van der Waals surface area contributed by atoms with Crippen LogP contribution in [0.15, 0.2) is 18.2 Å². The Hall–Kier alpha value is -0.730. The van der Waals surface area contributed by atoms with Gasteiger partial charge in [0.1, 0.15) is 0 Å². The third-order valence-electron chi connectivity index (χ3n) is 5.64. The monoisotopic (exact) mass is 320 g/mol. The van der Waals surface area contributed by atoms with Crippen molar-refractivity contribution in [2.24, 2.45) is 5.41 Å². The highest BCUT2D eigenvalue weighted by molar-refractivity contribution is 6.33. The van der Waals surface area contributed by atoms with Crippen LogP contribution in [0.4, 0.5) is 5.69 Å². The number of hydrogen-bond acceptors (Lipinski definition) is 2. The van der Waals surface area contributed by atoms with Gasteiger partial charge in [0.05, 0.1) is 10.7 Å². The van der Waals surface area contributed by atoms with Gasteiger partial charge in [-0.3, -0.25) is 0 Å². The van der Waals surface area contributed by atoms with Crippen LogP contribution in [0.2, 0.25) is 5.02 Å². The second kappa shape index (κ2) is 6.05. The highest BCUT2D eigenvalue weighted by atomic mass is 35.5. The smallest absolute Gasteiger partial charge is 0.0642 e. The van der Waals surface area contributed by atoms with Gasteiger partial charge in [-0.15, -0.1) is 0 Å². The third kappa shape index (κ3) is 3.28. The fraction of sp³-hybridized carbons (Fsp3) is 0.684. The molecule has 1 aromatic rings. The van der Waals surface area contributed by atoms with Crippen molar-refractivity contribution in [2.75, 3.05) is 31.1 Å². The Bertz CT molecular complexity index is 517. The van der Waals surface area contributed by atoms with Crippen molar-refractivity contribution in [3.05, 3.63) is 28.8 Å². The van der Waals surface area contributed by atoms with Crippen LogP contribution in [0, 0.1) is 5.41 Å². The molecule has 0 aromatic heterocycles. The molecule has 1 spiro atoms. The molecule has 3 rings (SSSR count). The molecule has 0 amide bonds. The molecule has 2 fully saturated rings. The van der Waals surface area contributed by atoms with E-state index in [2.05, 4.69) is 49.2 Å². The summed E-state index contributed by atoms with van der Waals surface area (Å²) in [6, 6.07) is 6.63. The summed E-state index contributed by atoms with van der Waals surface area (Å²) >= 11 is 6.59. The first-order chi connectivity index (χ1) is 10.4. The Morgan fingerprint density at radius 3 is 2.23 bits per heavy atom. The quantitative estimate of drug-likeness (QED) is 0.813. The summed E-state index contributed by atoms with van der Waals surface area (Å²) in [5.41, 5.74) is 3.29. The maximum atomic E-state index is 6.59. The van der Waals surface area contributed by atoms with E-state index >= 15 is 0 Å². The average Bonchev–Trinajstić information content (AvgIpc) is 2.48. The predicted molar refractivity (Wildman–Crippen MR) is 96.1 cm³/mol. The van der Waals surface area contributed by atoms with Crippen molar-refractivity contribution in [3.8, 4) is 0 Å². The zero-order chi connectivity index (χ0) is 15.8. The molecule has 122 valence electrons. The predicted octanol–water partition coefficient (Wildman–Crippen LogP) is 4.61. The molecule has 0 atom stereocenters. The SMILES string of the molecule is CC(C)(C)c1ccc(N2CCC3(CCNCC3)CC2)c(Cl)c1. The Kier molecular flexibility index (Phi) is 4.44. The molecule has 22 heavy (non-hydrogen) atoms. The van der Waals surface area contributed by atoms with E-state index in [1.165, 1.54) is 50.0 Å². The molecule has 0 saturated carbocycles. The fourth-order valence-corrected chi connectivity index (χ4v) is 4.21. The molecule has 2 aliphatic heterocycles. The Balaban J connectivity index is 1.71. The second-order valence-electron chi connectivity index (χ2n) is 8.15. The Morgan fingerprint density at radius 2 is 1.68 bits per heavy atom. The van der Waals surface area contributed by atoms with Crippen LogP contribution in [0.3, 0.4) is 0 Å². The maximum Gasteiger partial charge on any atom is 0.0642 e. The third-order valence-corrected chi connectivity index (χ3v) is 5.95. The molecule has 2 nitrogen and oxygen atoms in total. The van der Waals surface area contributed by atoms with E-state index in [1.807, 2.05) is 0 Å². The van der Waals surface area contributed by atoms with E-state index in [4.69, 9.17) is 11.6 Å². The lowest BCUT2D eigenvalue weighted by Gasteiger charge is -2.45. The lowest BCUT2D eigenvalue weighted by atomic mass is 9.71. The highest BCUT2D eigenvalue weighted by Gasteiger charge is 2.35. The topological polar surface area (TPSA) is 15.3 Å². The molecule has 1 aromatic carbocycles. The standard InChI is InChI=1S/C19H29ClN2/c1-18(2,3)15-4-5-17(16(20)14-15)22-12-8-19(9-13-22)6-10-21-11-7-19/h4-5,14,21H,6-13H2,1-3H3. The summed E-state index contributed by atoms with van der Waals surface area (Å²) in [7, 11) is 0. The minimum Gasteiger partial charge on any atom is -0.370 e. The minimum absolute atomic E-state index is 0.156. The number of benzene rings is 1. The zero-order valence-corrected chi connectivity index (χ0v) is 15.0. The average molecular weight is 321 g/mol. The summed E-state index contributed by atoms with van der Waals surface area (Å²) in [6.45, 7) is 11.4. The van der Waals surface area contributed by atoms with Gasteiger partial charge in [-0.25, -0.2) is 0 Å². The largest absolute Gasteiger partial charge is 0.370 e. The first kappa shape index (κ1) is 16.1. The minimum atomic E-state index is 0.156. The van der Waals surface area contributed by atoms with Gasteiger partial charge in [0.25, 0.3) is 0 Å². The normalized spacial score (nSPS) is 22.1. The summed E-state index contributed by atoms with van der Waals surface area (Å²) in [4.78, 5) is 2.49. The number of nitrogens with zero attached hydrogens (tertiary/aromatic N) is 1. The van der Waals surface area contributed by atoms with Crippen molar-refractivity contribution in [2.45, 2.75) is 51.9 Å². The molecule has 1 N–H and O–H groups in total. The molecule has 0 aliphatic carbocycles. The summed E-state index contributed by atoms with van der Waals surface area (Å²) in [5, 5.41) is 4.40. The molecule has 0 radical (unpaired) electrons. The number of piperidine rings is 2. The van der Waals surface area contributed by atoms with Crippen molar-refractivity contribution in [1.29, 1.82) is 0 Å². The summed E-state index contributed by atoms with van der Waals surface area (Å²) < 4.78 is 0. The van der Waals surface area contributed by atoms with Crippen LogP contribution < -0.4 is 10.2 Å². The Labute approximate surface area is 140 Å². The summed E-state index contributed by atoms with van der Waals surface area (Å²) in [6.07, 6.45) is 5.31. The van der Waals surface area contributed by atoms with Gasteiger partial charge in [-0.2, -0.15) is 0 Å². The number of halogens is 1. The molecule has 0 bridgehead atoms. The number of anilines is 1. The number of hydrogen-bond donors (Lipinski definition) is 1. The lowest BCUT2D eigenvalue weighted by Crippen LogP contribution is -2.45. The molecule has 2 saturated heterocycles. The van der Waals surface area contributed by atoms with Crippen LogP contribution in [0.25, 0.3) is 0 Å². The van der Waals surface area contributed by atoms with Crippen LogP contribution in [-0.2, 0) is 5.41 Å². The molecule has 0 unspecified atom stereocenters. The summed E-state index contributed by atoms with van der Waals surface area (Å²) in [5.74, 6) is 0. The van der Waals surface area contributed by atoms with Gasteiger partial charge in [-0.05, 0) is 67.3 Å². The van der Waals surface area contributed by atoms with E-state index in [1.54, 1.807) is 0 Å². The van der Waals surface area contributed by atoms with Gasteiger partial charge in [-0.1, -0.05) is 38.4 Å². The maximum absolute atomic E-state index is 6.59. The van der Waals surface area contributed by atoms with Gasteiger partial charge in [0.15, 0.2) is 0 Å². The van der Waals surface area contributed by atoms with Crippen LogP contribution in [0.5, 0.6) is 0 Å². The Morgan fingerprint density at radius 1 is 1.05 bits per heavy atom. The molecular weight excluding hydrogens is 292 g/mol. The number of nitrogens with one attached hydrogen (secondary N) is 1. The van der Waals surface area contributed by atoms with E-state index in [9.17, 15) is 0 Å².